The van der Waals surface area contributed by atoms with E-state index in [-0.39, 0.29) is 22.3 Å². The van der Waals surface area contributed by atoms with E-state index in [2.05, 4.69) is 16.9 Å². The third-order valence-corrected chi connectivity index (χ3v) is 6.53. The normalized spacial score (nSPS) is 22.7. The Kier molecular flexibility index (Phi) is 4.83. The number of hydrogen-bond donors (Lipinski definition) is 1. The zero-order valence-electron chi connectivity index (χ0n) is 16.6. The van der Waals surface area contributed by atoms with E-state index in [1.54, 1.807) is 4.90 Å². The summed E-state index contributed by atoms with van der Waals surface area (Å²) >= 11 is -1.17. The molecule has 3 rings (SSSR count). The maximum Gasteiger partial charge on any atom is 0.410 e. The Bertz CT molecular complexity index is 687. The van der Waals surface area contributed by atoms with Crippen LogP contribution in [0.25, 0.3) is 0 Å². The molecule has 1 aliphatic heterocycles. The Balaban J connectivity index is 1.78. The number of carbonyl (C=O) groups excluding carboxylic acids is 1. The highest BCUT2D eigenvalue weighted by atomic mass is 32.2. The molecule has 2 atom stereocenters. The van der Waals surface area contributed by atoms with Gasteiger partial charge in [-0.15, -0.1) is 4.72 Å². The highest BCUT2D eigenvalue weighted by molar-refractivity contribution is 7.90. The van der Waals surface area contributed by atoms with Gasteiger partial charge >= 0.3 is 6.09 Å². The van der Waals surface area contributed by atoms with Crippen molar-refractivity contribution < 1.29 is 14.1 Å². The van der Waals surface area contributed by atoms with Gasteiger partial charge in [0.25, 0.3) is 0 Å². The Morgan fingerprint density at radius 3 is 2.42 bits per heavy atom. The van der Waals surface area contributed by atoms with E-state index >= 15 is 0 Å². The molecular formula is C20H30N2O3S. The first-order valence-electron chi connectivity index (χ1n) is 9.15. The van der Waals surface area contributed by atoms with Crippen molar-refractivity contribution in [2.75, 3.05) is 13.1 Å². The minimum Gasteiger partial charge on any atom is -0.598 e. The van der Waals surface area contributed by atoms with Crippen molar-refractivity contribution in [1.82, 2.24) is 9.62 Å². The average molecular weight is 379 g/mol. The number of fused-ring (bicyclic) bond motifs is 1. The highest BCUT2D eigenvalue weighted by Gasteiger charge is 2.57. The van der Waals surface area contributed by atoms with Crippen molar-refractivity contribution in [3.8, 4) is 0 Å². The predicted molar refractivity (Wildman–Crippen MR) is 104 cm³/mol. The summed E-state index contributed by atoms with van der Waals surface area (Å²) in [6.07, 6.45) is 0.622. The predicted octanol–water partition coefficient (Wildman–Crippen LogP) is 3.57. The van der Waals surface area contributed by atoms with Crippen molar-refractivity contribution in [3.05, 3.63) is 35.4 Å². The summed E-state index contributed by atoms with van der Waals surface area (Å²) < 4.78 is 21.3. The molecule has 2 aliphatic rings. The maximum absolute atomic E-state index is 12.8. The fourth-order valence-corrected chi connectivity index (χ4v) is 4.67. The SMILES string of the molecule is CC(C)(C)OC(=O)N1CC2(Cc3ccccc3[C@H]2N[S@+]([O-])C(C)(C)C)C1. The number of nitrogens with zero attached hydrogens (tertiary/aromatic N) is 1. The monoisotopic (exact) mass is 378 g/mol. The minimum absolute atomic E-state index is 0.0163. The molecule has 1 aromatic carbocycles. The molecule has 1 spiro atoms. The van der Waals surface area contributed by atoms with Crippen molar-refractivity contribution in [3.63, 3.8) is 0 Å². The Morgan fingerprint density at radius 1 is 1.23 bits per heavy atom. The first kappa shape index (κ1) is 19.5. The van der Waals surface area contributed by atoms with E-state index in [0.717, 1.165) is 6.42 Å². The lowest BCUT2D eigenvalue weighted by molar-refractivity contribution is -0.0421. The number of rotatable bonds is 2. The van der Waals surface area contributed by atoms with E-state index in [4.69, 9.17) is 4.74 Å². The molecule has 0 unspecified atom stereocenters. The van der Waals surface area contributed by atoms with Crippen LogP contribution in [0.15, 0.2) is 24.3 Å². The number of ether oxygens (including phenoxy) is 1. The Hall–Kier alpha value is -1.24. The summed E-state index contributed by atoms with van der Waals surface area (Å²) in [5.41, 5.74) is 1.87. The van der Waals surface area contributed by atoms with Crippen LogP contribution in [-0.2, 0) is 22.5 Å². The lowest BCUT2D eigenvalue weighted by Crippen LogP contribution is -2.63. The molecule has 5 nitrogen and oxygen atoms in total. The second kappa shape index (κ2) is 6.43. The van der Waals surface area contributed by atoms with Gasteiger partial charge < -0.3 is 14.2 Å². The second-order valence-corrected chi connectivity index (χ2v) is 11.5. The van der Waals surface area contributed by atoms with Gasteiger partial charge in [-0.05, 0) is 59.1 Å². The number of benzene rings is 1. The van der Waals surface area contributed by atoms with E-state index in [1.165, 1.54) is 11.1 Å². The van der Waals surface area contributed by atoms with Crippen LogP contribution in [0.4, 0.5) is 4.79 Å². The van der Waals surface area contributed by atoms with Crippen LogP contribution in [0.2, 0.25) is 0 Å². The highest BCUT2D eigenvalue weighted by Crippen LogP contribution is 2.52. The van der Waals surface area contributed by atoms with E-state index in [9.17, 15) is 9.35 Å². The summed E-state index contributed by atoms with van der Waals surface area (Å²) in [5.74, 6) is 0. The topological polar surface area (TPSA) is 64.6 Å². The van der Waals surface area contributed by atoms with Gasteiger partial charge in [-0.25, -0.2) is 4.79 Å². The molecule has 0 aromatic heterocycles. The molecular weight excluding hydrogens is 348 g/mol. The number of amides is 1. The molecule has 0 radical (unpaired) electrons. The van der Waals surface area contributed by atoms with Crippen LogP contribution in [-0.4, -0.2) is 39.0 Å². The molecule has 26 heavy (non-hydrogen) atoms. The van der Waals surface area contributed by atoms with Crippen LogP contribution >= 0.6 is 0 Å². The molecule has 1 saturated heterocycles. The van der Waals surface area contributed by atoms with Crippen molar-refractivity contribution >= 4 is 17.5 Å². The third kappa shape index (κ3) is 3.73. The van der Waals surface area contributed by atoms with Gasteiger partial charge in [-0.2, -0.15) is 0 Å². The molecule has 1 aliphatic carbocycles. The quantitative estimate of drug-likeness (QED) is 0.799. The Morgan fingerprint density at radius 2 is 1.85 bits per heavy atom. The largest absolute Gasteiger partial charge is 0.598 e. The summed E-state index contributed by atoms with van der Waals surface area (Å²) in [4.78, 5) is 14.1. The summed E-state index contributed by atoms with van der Waals surface area (Å²) in [6, 6.07) is 8.29. The van der Waals surface area contributed by atoms with Crippen LogP contribution in [0.5, 0.6) is 0 Å². The first-order chi connectivity index (χ1) is 11.9. The van der Waals surface area contributed by atoms with Crippen molar-refractivity contribution in [1.29, 1.82) is 0 Å². The molecule has 1 amide bonds. The maximum atomic E-state index is 12.8. The van der Waals surface area contributed by atoms with Gasteiger partial charge in [0, 0.05) is 29.9 Å². The molecule has 1 fully saturated rings. The van der Waals surface area contributed by atoms with Gasteiger partial charge in [0.15, 0.2) is 0 Å². The van der Waals surface area contributed by atoms with Gasteiger partial charge in [0.1, 0.15) is 10.3 Å². The second-order valence-electron chi connectivity index (χ2n) is 9.51. The minimum atomic E-state index is -1.17. The average Bonchev–Trinajstić information content (AvgIpc) is 2.77. The van der Waals surface area contributed by atoms with Crippen LogP contribution in [0, 0.1) is 5.41 Å². The molecule has 0 saturated carbocycles. The standard InChI is InChI=1S/C20H30N2O3S/c1-18(2,3)25-17(23)22-12-20(13-22)11-14-9-7-8-10-15(14)16(20)21-26(24)19(4,5)6/h7-10,16,21H,11-13H2,1-6H3/t16-,26-/m1/s1. The summed E-state index contributed by atoms with van der Waals surface area (Å²) in [7, 11) is 0. The lowest BCUT2D eigenvalue weighted by Gasteiger charge is -2.51. The lowest BCUT2D eigenvalue weighted by atomic mass is 9.74. The molecule has 1 aromatic rings. The summed E-state index contributed by atoms with van der Waals surface area (Å²) in [5, 5.41) is 0. The van der Waals surface area contributed by atoms with Gasteiger partial charge in [0.05, 0.1) is 6.04 Å². The zero-order valence-corrected chi connectivity index (χ0v) is 17.4. The molecule has 1 heterocycles. The first-order valence-corrected chi connectivity index (χ1v) is 10.3. The van der Waals surface area contributed by atoms with E-state index < -0.39 is 17.0 Å². The molecule has 0 bridgehead atoms. The van der Waals surface area contributed by atoms with Gasteiger partial charge in [-0.3, -0.25) is 0 Å². The number of hydrogen-bond acceptors (Lipinski definition) is 4. The van der Waals surface area contributed by atoms with Crippen LogP contribution < -0.4 is 4.72 Å². The van der Waals surface area contributed by atoms with Crippen LogP contribution in [0.1, 0.15) is 58.7 Å². The Labute approximate surface area is 159 Å². The van der Waals surface area contributed by atoms with Gasteiger partial charge in [-0.1, -0.05) is 24.3 Å². The van der Waals surface area contributed by atoms with E-state index in [0.29, 0.717) is 13.1 Å². The van der Waals surface area contributed by atoms with Crippen molar-refractivity contribution in [2.45, 2.75) is 64.4 Å². The number of likely N-dealkylation sites (tertiary alicyclic amines) is 1. The number of nitrogens with one attached hydrogen (secondary N) is 1. The van der Waals surface area contributed by atoms with Gasteiger partial charge in [0.2, 0.25) is 0 Å². The fraction of sp³-hybridized carbons (Fsp3) is 0.650. The van der Waals surface area contributed by atoms with E-state index in [1.807, 2.05) is 53.7 Å². The molecule has 144 valence electrons. The zero-order chi connectivity index (χ0) is 19.3. The van der Waals surface area contributed by atoms with Crippen LogP contribution in [0.3, 0.4) is 0 Å². The molecule has 6 heteroatoms. The third-order valence-electron chi connectivity index (χ3n) is 4.97. The van der Waals surface area contributed by atoms with Crippen molar-refractivity contribution in [2.24, 2.45) is 5.41 Å². The summed E-state index contributed by atoms with van der Waals surface area (Å²) in [6.45, 7) is 12.8. The fourth-order valence-electron chi connectivity index (χ4n) is 3.72. The number of carbonyl (C=O) groups is 1. The molecule has 1 N–H and O–H groups in total. The smallest absolute Gasteiger partial charge is 0.410 e.